The standard InChI is InChI=1S/C9H16N4O/c1-3-11-9(14)7-10-6-8-12-4-5-13(8)2/h4-5,10H,3,6-7H2,1-2H3,(H,11,14). The summed E-state index contributed by atoms with van der Waals surface area (Å²) in [7, 11) is 1.93. The second-order valence-electron chi connectivity index (χ2n) is 3.01. The predicted octanol–water partition coefficient (Wildman–Crippen LogP) is -0.354. The van der Waals surface area contributed by atoms with Crippen molar-refractivity contribution in [2.75, 3.05) is 13.1 Å². The molecule has 1 heterocycles. The van der Waals surface area contributed by atoms with Crippen molar-refractivity contribution < 1.29 is 4.79 Å². The number of hydrogen-bond acceptors (Lipinski definition) is 3. The largest absolute Gasteiger partial charge is 0.355 e. The highest BCUT2D eigenvalue weighted by Crippen LogP contribution is 1.91. The van der Waals surface area contributed by atoms with Gasteiger partial charge in [0.15, 0.2) is 0 Å². The first-order valence-electron chi connectivity index (χ1n) is 4.67. The summed E-state index contributed by atoms with van der Waals surface area (Å²) in [6.07, 6.45) is 3.62. The van der Waals surface area contributed by atoms with Crippen LogP contribution in [-0.2, 0) is 18.4 Å². The second kappa shape index (κ2) is 5.39. The number of aryl methyl sites for hydroxylation is 1. The van der Waals surface area contributed by atoms with Gasteiger partial charge in [-0.1, -0.05) is 0 Å². The van der Waals surface area contributed by atoms with Crippen LogP contribution in [0.5, 0.6) is 0 Å². The zero-order chi connectivity index (χ0) is 10.4. The molecule has 0 atom stereocenters. The van der Waals surface area contributed by atoms with E-state index in [2.05, 4.69) is 15.6 Å². The number of aromatic nitrogens is 2. The summed E-state index contributed by atoms with van der Waals surface area (Å²) in [6, 6.07) is 0. The number of nitrogens with zero attached hydrogens (tertiary/aromatic N) is 2. The first-order valence-corrected chi connectivity index (χ1v) is 4.67. The van der Waals surface area contributed by atoms with Crippen LogP contribution in [0.1, 0.15) is 12.7 Å². The summed E-state index contributed by atoms with van der Waals surface area (Å²) in [4.78, 5) is 15.2. The Labute approximate surface area is 83.5 Å². The van der Waals surface area contributed by atoms with Crippen LogP contribution in [0, 0.1) is 0 Å². The molecule has 0 aliphatic rings. The fourth-order valence-corrected chi connectivity index (χ4v) is 1.11. The van der Waals surface area contributed by atoms with E-state index in [1.54, 1.807) is 6.20 Å². The molecule has 0 bridgehead atoms. The smallest absolute Gasteiger partial charge is 0.233 e. The quantitative estimate of drug-likeness (QED) is 0.676. The van der Waals surface area contributed by atoms with Crippen molar-refractivity contribution in [1.82, 2.24) is 20.2 Å². The molecular formula is C9H16N4O. The van der Waals surface area contributed by atoms with Crippen molar-refractivity contribution in [2.24, 2.45) is 7.05 Å². The van der Waals surface area contributed by atoms with E-state index in [1.807, 2.05) is 24.7 Å². The minimum Gasteiger partial charge on any atom is -0.355 e. The molecular weight excluding hydrogens is 180 g/mol. The number of likely N-dealkylation sites (N-methyl/N-ethyl adjacent to an activating group) is 1. The lowest BCUT2D eigenvalue weighted by molar-refractivity contribution is -0.120. The van der Waals surface area contributed by atoms with Gasteiger partial charge in [0, 0.05) is 26.0 Å². The van der Waals surface area contributed by atoms with Crippen LogP contribution >= 0.6 is 0 Å². The molecule has 1 aromatic heterocycles. The normalized spacial score (nSPS) is 10.1. The monoisotopic (exact) mass is 196 g/mol. The predicted molar refractivity (Wildman–Crippen MR) is 53.6 cm³/mol. The Bertz CT molecular complexity index is 295. The first-order chi connectivity index (χ1) is 6.74. The summed E-state index contributed by atoms with van der Waals surface area (Å²) in [5.74, 6) is 0.941. The maximum Gasteiger partial charge on any atom is 0.233 e. The third kappa shape index (κ3) is 3.18. The Balaban J connectivity index is 2.22. The lowest BCUT2D eigenvalue weighted by atomic mass is 10.5. The van der Waals surface area contributed by atoms with Crippen LogP contribution in [-0.4, -0.2) is 28.5 Å². The van der Waals surface area contributed by atoms with Gasteiger partial charge in [-0.15, -0.1) is 0 Å². The van der Waals surface area contributed by atoms with E-state index < -0.39 is 0 Å². The molecule has 2 N–H and O–H groups in total. The molecule has 0 unspecified atom stereocenters. The number of nitrogens with one attached hydrogen (secondary N) is 2. The summed E-state index contributed by atoms with van der Waals surface area (Å²) in [6.45, 7) is 3.51. The number of carbonyl (C=O) groups is 1. The lowest BCUT2D eigenvalue weighted by Crippen LogP contribution is -2.33. The second-order valence-corrected chi connectivity index (χ2v) is 3.01. The number of carbonyl (C=O) groups excluding carboxylic acids is 1. The molecule has 78 valence electrons. The average Bonchev–Trinajstić information content (AvgIpc) is 2.52. The van der Waals surface area contributed by atoms with Crippen LogP contribution in [0.4, 0.5) is 0 Å². The molecule has 0 radical (unpaired) electrons. The molecule has 1 aromatic rings. The summed E-state index contributed by atoms with van der Waals surface area (Å²) in [5, 5.41) is 5.73. The minimum absolute atomic E-state index is 0.0155. The van der Waals surface area contributed by atoms with Crippen LogP contribution in [0.25, 0.3) is 0 Å². The minimum atomic E-state index is 0.0155. The SMILES string of the molecule is CCNC(=O)CNCc1nccn1C. The highest BCUT2D eigenvalue weighted by atomic mass is 16.1. The molecule has 5 nitrogen and oxygen atoms in total. The van der Waals surface area contributed by atoms with Gasteiger partial charge in [-0.25, -0.2) is 4.98 Å². The molecule has 0 aliphatic heterocycles. The van der Waals surface area contributed by atoms with E-state index in [4.69, 9.17) is 0 Å². The lowest BCUT2D eigenvalue weighted by Gasteiger charge is -2.04. The van der Waals surface area contributed by atoms with Gasteiger partial charge in [-0.3, -0.25) is 4.79 Å². The van der Waals surface area contributed by atoms with Crippen molar-refractivity contribution >= 4 is 5.91 Å². The number of rotatable bonds is 5. The van der Waals surface area contributed by atoms with E-state index in [-0.39, 0.29) is 5.91 Å². The van der Waals surface area contributed by atoms with Gasteiger partial charge >= 0.3 is 0 Å². The van der Waals surface area contributed by atoms with Crippen LogP contribution in [0.2, 0.25) is 0 Å². The third-order valence-corrected chi connectivity index (χ3v) is 1.86. The number of imidazole rings is 1. The van der Waals surface area contributed by atoms with Gasteiger partial charge < -0.3 is 15.2 Å². The van der Waals surface area contributed by atoms with E-state index >= 15 is 0 Å². The highest BCUT2D eigenvalue weighted by molar-refractivity contribution is 5.77. The Morgan fingerprint density at radius 3 is 3.00 bits per heavy atom. The number of amides is 1. The Morgan fingerprint density at radius 1 is 1.64 bits per heavy atom. The zero-order valence-electron chi connectivity index (χ0n) is 8.58. The van der Waals surface area contributed by atoms with Crippen molar-refractivity contribution in [1.29, 1.82) is 0 Å². The van der Waals surface area contributed by atoms with Crippen molar-refractivity contribution in [3.63, 3.8) is 0 Å². The van der Waals surface area contributed by atoms with E-state index in [9.17, 15) is 4.79 Å². The maximum atomic E-state index is 11.1. The summed E-state index contributed by atoms with van der Waals surface area (Å²) >= 11 is 0. The van der Waals surface area contributed by atoms with Crippen LogP contribution < -0.4 is 10.6 Å². The fraction of sp³-hybridized carbons (Fsp3) is 0.556. The Morgan fingerprint density at radius 2 is 2.43 bits per heavy atom. The van der Waals surface area contributed by atoms with Gasteiger partial charge in [-0.05, 0) is 6.92 Å². The molecule has 0 saturated carbocycles. The Hall–Kier alpha value is -1.36. The molecule has 0 saturated heterocycles. The fourth-order valence-electron chi connectivity index (χ4n) is 1.11. The molecule has 0 aromatic carbocycles. The van der Waals surface area contributed by atoms with Gasteiger partial charge in [-0.2, -0.15) is 0 Å². The molecule has 14 heavy (non-hydrogen) atoms. The van der Waals surface area contributed by atoms with Crippen LogP contribution in [0.3, 0.4) is 0 Å². The van der Waals surface area contributed by atoms with Gasteiger partial charge in [0.05, 0.1) is 13.1 Å². The zero-order valence-corrected chi connectivity index (χ0v) is 8.58. The van der Waals surface area contributed by atoms with Gasteiger partial charge in [0.2, 0.25) is 5.91 Å². The molecule has 1 amide bonds. The molecule has 0 spiro atoms. The van der Waals surface area contributed by atoms with Gasteiger partial charge in [0.25, 0.3) is 0 Å². The summed E-state index contributed by atoms with van der Waals surface area (Å²) in [5.41, 5.74) is 0. The van der Waals surface area contributed by atoms with Crippen molar-refractivity contribution in [2.45, 2.75) is 13.5 Å². The third-order valence-electron chi connectivity index (χ3n) is 1.86. The Kier molecular flexibility index (Phi) is 4.12. The number of hydrogen-bond donors (Lipinski definition) is 2. The van der Waals surface area contributed by atoms with Gasteiger partial charge in [0.1, 0.15) is 5.82 Å². The van der Waals surface area contributed by atoms with E-state index in [0.717, 1.165) is 5.82 Å². The molecule has 0 aliphatic carbocycles. The highest BCUT2D eigenvalue weighted by Gasteiger charge is 2.00. The van der Waals surface area contributed by atoms with E-state index in [1.165, 1.54) is 0 Å². The maximum absolute atomic E-state index is 11.1. The van der Waals surface area contributed by atoms with Crippen LogP contribution in [0.15, 0.2) is 12.4 Å². The molecule has 5 heteroatoms. The summed E-state index contributed by atoms with van der Waals surface area (Å²) < 4.78 is 1.92. The van der Waals surface area contributed by atoms with Crippen molar-refractivity contribution in [3.05, 3.63) is 18.2 Å². The first kappa shape index (κ1) is 10.7. The molecule has 0 fully saturated rings. The van der Waals surface area contributed by atoms with E-state index in [0.29, 0.717) is 19.6 Å². The molecule has 1 rings (SSSR count). The van der Waals surface area contributed by atoms with Crippen molar-refractivity contribution in [3.8, 4) is 0 Å². The topological polar surface area (TPSA) is 59.0 Å². The average molecular weight is 196 g/mol.